The molecule has 2 rings (SSSR count). The van der Waals surface area contributed by atoms with Gasteiger partial charge in [0.1, 0.15) is 0 Å². The normalized spacial score (nSPS) is 20.3. The molecule has 80 valence electrons. The molecule has 0 bridgehead atoms. The Morgan fingerprint density at radius 1 is 1.27 bits per heavy atom. The highest BCUT2D eigenvalue weighted by Crippen LogP contribution is 2.50. The lowest BCUT2D eigenvalue weighted by Gasteiger charge is -2.41. The second-order valence-electron chi connectivity index (χ2n) is 4.13. The number of rotatable bonds is 3. The van der Waals surface area contributed by atoms with Crippen LogP contribution in [0.3, 0.4) is 0 Å². The van der Waals surface area contributed by atoms with Crippen molar-refractivity contribution in [2.75, 3.05) is 0 Å². The van der Waals surface area contributed by atoms with E-state index in [2.05, 4.69) is 0 Å². The van der Waals surface area contributed by atoms with Crippen molar-refractivity contribution in [2.24, 2.45) is 5.41 Å². The largest absolute Gasteiger partial charge is 0.481 e. The topological polar surface area (TPSA) is 57.5 Å². The maximum atomic E-state index is 11.2. The third kappa shape index (κ3) is 1.53. The van der Waals surface area contributed by atoms with Crippen LogP contribution in [0.15, 0.2) is 30.3 Å². The van der Waals surface area contributed by atoms with E-state index in [1.807, 2.05) is 18.2 Å². The number of benzene rings is 1. The smallest absolute Gasteiger partial charge is 0.312 e. The van der Waals surface area contributed by atoms with E-state index in [9.17, 15) is 9.90 Å². The number of hydrogen-bond acceptors (Lipinski definition) is 2. The van der Waals surface area contributed by atoms with E-state index in [1.165, 1.54) is 0 Å². The van der Waals surface area contributed by atoms with Gasteiger partial charge in [0.2, 0.25) is 0 Å². The van der Waals surface area contributed by atoms with Gasteiger partial charge in [0, 0.05) is 0 Å². The molecule has 0 spiro atoms. The summed E-state index contributed by atoms with van der Waals surface area (Å²) in [6, 6.07) is 9.02. The molecule has 0 aromatic heterocycles. The minimum atomic E-state index is -0.943. The molecule has 1 aromatic carbocycles. The van der Waals surface area contributed by atoms with Crippen molar-refractivity contribution in [3.05, 3.63) is 35.9 Å². The molecule has 1 saturated carbocycles. The molecule has 0 heterocycles. The Morgan fingerprint density at radius 2 is 1.87 bits per heavy atom. The van der Waals surface area contributed by atoms with Gasteiger partial charge in [-0.3, -0.25) is 4.79 Å². The van der Waals surface area contributed by atoms with E-state index >= 15 is 0 Å². The van der Waals surface area contributed by atoms with E-state index in [-0.39, 0.29) is 0 Å². The zero-order valence-electron chi connectivity index (χ0n) is 8.39. The molecule has 2 N–H and O–H groups in total. The second kappa shape index (κ2) is 3.66. The highest BCUT2D eigenvalue weighted by atomic mass is 16.4. The first-order valence-corrected chi connectivity index (χ1v) is 5.13. The van der Waals surface area contributed by atoms with Gasteiger partial charge in [0.25, 0.3) is 0 Å². The molecule has 3 nitrogen and oxygen atoms in total. The van der Waals surface area contributed by atoms with Crippen LogP contribution in [0.2, 0.25) is 0 Å². The first kappa shape index (κ1) is 10.2. The summed E-state index contributed by atoms with van der Waals surface area (Å²) in [5.41, 5.74) is -0.249. The van der Waals surface area contributed by atoms with Gasteiger partial charge in [0.15, 0.2) is 0 Å². The van der Waals surface area contributed by atoms with Gasteiger partial charge in [-0.2, -0.15) is 0 Å². The Bertz CT molecular complexity index is 354. The Hall–Kier alpha value is -1.35. The number of aliphatic carboxylic acids is 1. The maximum Gasteiger partial charge on any atom is 0.312 e. The lowest BCUT2D eigenvalue weighted by atomic mass is 9.63. The highest BCUT2D eigenvalue weighted by molar-refractivity contribution is 5.76. The van der Waals surface area contributed by atoms with E-state index in [0.29, 0.717) is 18.4 Å². The molecule has 0 radical (unpaired) electrons. The molecular formula is C12H14O3. The summed E-state index contributed by atoms with van der Waals surface area (Å²) in [7, 11) is 0. The van der Waals surface area contributed by atoms with Crippen molar-refractivity contribution < 1.29 is 15.0 Å². The number of carbonyl (C=O) groups is 1. The second-order valence-corrected chi connectivity index (χ2v) is 4.13. The number of hydrogen-bond donors (Lipinski definition) is 2. The van der Waals surface area contributed by atoms with E-state index < -0.39 is 17.5 Å². The van der Waals surface area contributed by atoms with Crippen molar-refractivity contribution in [3.63, 3.8) is 0 Å². The predicted molar refractivity (Wildman–Crippen MR) is 55.3 cm³/mol. The molecule has 1 aromatic rings. The van der Waals surface area contributed by atoms with Crippen molar-refractivity contribution in [1.29, 1.82) is 0 Å². The van der Waals surface area contributed by atoms with Gasteiger partial charge in [-0.05, 0) is 18.4 Å². The lowest BCUT2D eigenvalue weighted by Crippen LogP contribution is -2.43. The molecule has 0 aliphatic heterocycles. The minimum Gasteiger partial charge on any atom is -0.481 e. The zero-order valence-corrected chi connectivity index (χ0v) is 8.39. The molecule has 15 heavy (non-hydrogen) atoms. The summed E-state index contributed by atoms with van der Waals surface area (Å²) in [5.74, 6) is -0.884. The van der Waals surface area contributed by atoms with Crippen LogP contribution in [0.25, 0.3) is 0 Å². The number of carboxylic acid groups (broad SMARTS) is 1. The van der Waals surface area contributed by atoms with Crippen LogP contribution in [0, 0.1) is 5.41 Å². The van der Waals surface area contributed by atoms with Crippen LogP contribution >= 0.6 is 0 Å². The van der Waals surface area contributed by atoms with E-state index in [0.717, 1.165) is 6.42 Å². The third-order valence-corrected chi connectivity index (χ3v) is 3.31. The summed E-state index contributed by atoms with van der Waals surface area (Å²) >= 11 is 0. The SMILES string of the molecule is O=C(O)C1(C(O)c2ccccc2)CCC1. The van der Waals surface area contributed by atoms with Gasteiger partial charge in [-0.1, -0.05) is 36.8 Å². The van der Waals surface area contributed by atoms with E-state index in [4.69, 9.17) is 5.11 Å². The minimum absolute atomic E-state index is 0.568. The summed E-state index contributed by atoms with van der Waals surface area (Å²) in [4.78, 5) is 11.2. The summed E-state index contributed by atoms with van der Waals surface area (Å²) in [6.07, 6.45) is 1.14. The molecule has 1 unspecified atom stereocenters. The van der Waals surface area contributed by atoms with Crippen molar-refractivity contribution in [1.82, 2.24) is 0 Å². The molecule has 1 fully saturated rings. The first-order valence-electron chi connectivity index (χ1n) is 5.13. The highest BCUT2D eigenvalue weighted by Gasteiger charge is 2.50. The van der Waals surface area contributed by atoms with Gasteiger partial charge in [0.05, 0.1) is 11.5 Å². The standard InChI is InChI=1S/C12H14O3/c13-10(9-5-2-1-3-6-9)12(11(14)15)7-4-8-12/h1-3,5-6,10,13H,4,7-8H2,(H,14,15). The number of aliphatic hydroxyl groups is 1. The molecule has 1 aliphatic carbocycles. The van der Waals surface area contributed by atoms with E-state index in [1.54, 1.807) is 12.1 Å². The van der Waals surface area contributed by atoms with Crippen molar-refractivity contribution in [2.45, 2.75) is 25.4 Å². The Morgan fingerprint density at radius 3 is 2.27 bits per heavy atom. The maximum absolute atomic E-state index is 11.2. The fourth-order valence-corrected chi connectivity index (χ4v) is 2.12. The van der Waals surface area contributed by atoms with Gasteiger partial charge < -0.3 is 10.2 Å². The summed E-state index contributed by atoms with van der Waals surface area (Å²) in [5, 5.41) is 19.2. The fraction of sp³-hybridized carbons (Fsp3) is 0.417. The predicted octanol–water partition coefficient (Wildman–Crippen LogP) is 1.97. The molecular weight excluding hydrogens is 192 g/mol. The summed E-state index contributed by atoms with van der Waals surface area (Å²) in [6.45, 7) is 0. The summed E-state index contributed by atoms with van der Waals surface area (Å²) < 4.78 is 0. The third-order valence-electron chi connectivity index (χ3n) is 3.31. The molecule has 1 aliphatic rings. The monoisotopic (exact) mass is 206 g/mol. The molecule has 1 atom stereocenters. The van der Waals surface area contributed by atoms with Gasteiger partial charge >= 0.3 is 5.97 Å². The average molecular weight is 206 g/mol. The first-order chi connectivity index (χ1) is 7.17. The molecule has 3 heteroatoms. The average Bonchev–Trinajstić information content (AvgIpc) is 2.16. The fourth-order valence-electron chi connectivity index (χ4n) is 2.12. The Kier molecular flexibility index (Phi) is 2.49. The van der Waals surface area contributed by atoms with Crippen LogP contribution in [-0.4, -0.2) is 16.2 Å². The quantitative estimate of drug-likeness (QED) is 0.795. The lowest BCUT2D eigenvalue weighted by molar-refractivity contribution is -0.166. The van der Waals surface area contributed by atoms with Crippen molar-refractivity contribution in [3.8, 4) is 0 Å². The number of carboxylic acids is 1. The molecule has 0 saturated heterocycles. The van der Waals surface area contributed by atoms with Crippen LogP contribution in [0.5, 0.6) is 0 Å². The zero-order chi connectivity index (χ0) is 10.9. The van der Waals surface area contributed by atoms with Crippen molar-refractivity contribution >= 4 is 5.97 Å². The van der Waals surface area contributed by atoms with Crippen LogP contribution < -0.4 is 0 Å². The Balaban J connectivity index is 2.27. The van der Waals surface area contributed by atoms with Crippen LogP contribution in [-0.2, 0) is 4.79 Å². The Labute approximate surface area is 88.4 Å². The number of aliphatic hydroxyl groups excluding tert-OH is 1. The van der Waals surface area contributed by atoms with Gasteiger partial charge in [-0.25, -0.2) is 0 Å². The molecule has 0 amide bonds. The van der Waals surface area contributed by atoms with Crippen LogP contribution in [0.4, 0.5) is 0 Å². The van der Waals surface area contributed by atoms with Crippen LogP contribution in [0.1, 0.15) is 30.9 Å². The van der Waals surface area contributed by atoms with Gasteiger partial charge in [-0.15, -0.1) is 0 Å².